The second-order valence-corrected chi connectivity index (χ2v) is 5.50. The van der Waals surface area contributed by atoms with Gasteiger partial charge >= 0.3 is 0 Å². The van der Waals surface area contributed by atoms with E-state index in [1.54, 1.807) is 6.92 Å². The lowest BCUT2D eigenvalue weighted by atomic mass is 9.83. The molecule has 3 unspecified atom stereocenters. The molecule has 1 saturated heterocycles. The topological polar surface area (TPSA) is 83.6 Å². The normalized spacial score (nSPS) is 29.1. The van der Waals surface area contributed by atoms with Crippen molar-refractivity contribution in [2.75, 3.05) is 12.3 Å². The van der Waals surface area contributed by atoms with Gasteiger partial charge in [-0.05, 0) is 6.92 Å². The van der Waals surface area contributed by atoms with Gasteiger partial charge in [0.2, 0.25) is 5.91 Å². The first-order chi connectivity index (χ1) is 8.11. The van der Waals surface area contributed by atoms with Crippen LogP contribution in [0.1, 0.15) is 13.3 Å². The predicted octanol–water partition coefficient (Wildman–Crippen LogP) is -0.300. The summed E-state index contributed by atoms with van der Waals surface area (Å²) in [4.78, 5) is 25.3. The van der Waals surface area contributed by atoms with Gasteiger partial charge in [0.25, 0.3) is 0 Å². The van der Waals surface area contributed by atoms with E-state index in [1.807, 2.05) is 0 Å². The fourth-order valence-corrected chi connectivity index (χ4v) is 3.42. The monoisotopic (exact) mass is 256 g/mol. The molecule has 2 aliphatic heterocycles. The quantitative estimate of drug-likeness (QED) is 0.521. The number of carbonyl (C=O) groups is 2. The van der Waals surface area contributed by atoms with Crippen LogP contribution in [-0.2, 0) is 9.59 Å². The summed E-state index contributed by atoms with van der Waals surface area (Å²) in [7, 11) is 0. The highest BCUT2D eigenvalue weighted by atomic mass is 32.2. The smallest absolute Gasteiger partial charge is 0.235 e. The summed E-state index contributed by atoms with van der Waals surface area (Å²) in [6.07, 6.45) is 0.741. The average Bonchev–Trinajstić information content (AvgIpc) is 2.59. The van der Waals surface area contributed by atoms with E-state index in [1.165, 1.54) is 16.7 Å². The number of amides is 1. The van der Waals surface area contributed by atoms with Crippen molar-refractivity contribution in [2.24, 2.45) is 11.7 Å². The van der Waals surface area contributed by atoms with E-state index in [0.29, 0.717) is 18.7 Å². The summed E-state index contributed by atoms with van der Waals surface area (Å²) < 4.78 is 0. The highest BCUT2D eigenvalue weighted by Crippen LogP contribution is 2.46. The van der Waals surface area contributed by atoms with Crippen LogP contribution in [0.4, 0.5) is 0 Å². The van der Waals surface area contributed by atoms with Gasteiger partial charge in [0.1, 0.15) is 0 Å². The minimum Gasteiger partial charge on any atom is -0.393 e. The maximum atomic E-state index is 11.8. The van der Waals surface area contributed by atoms with Crippen LogP contribution < -0.4 is 5.73 Å². The van der Waals surface area contributed by atoms with E-state index in [9.17, 15) is 14.7 Å². The molecule has 0 bridgehead atoms. The van der Waals surface area contributed by atoms with Crippen molar-refractivity contribution in [3.8, 4) is 0 Å². The van der Waals surface area contributed by atoms with Gasteiger partial charge in [0, 0.05) is 23.6 Å². The van der Waals surface area contributed by atoms with Crippen LogP contribution in [0.15, 0.2) is 10.6 Å². The first-order valence-corrected chi connectivity index (χ1v) is 6.62. The van der Waals surface area contributed by atoms with Gasteiger partial charge in [0.05, 0.1) is 23.8 Å². The van der Waals surface area contributed by atoms with Gasteiger partial charge in [-0.25, -0.2) is 0 Å². The molecule has 2 heterocycles. The number of aldehydes is 1. The number of nitrogens with zero attached hydrogens (tertiary/aromatic N) is 1. The molecule has 3 N–H and O–H groups in total. The summed E-state index contributed by atoms with van der Waals surface area (Å²) >= 11 is 1.53. The summed E-state index contributed by atoms with van der Waals surface area (Å²) in [5.41, 5.74) is 5.90. The summed E-state index contributed by atoms with van der Waals surface area (Å²) in [6, 6.07) is -0.0389. The molecule has 0 aromatic rings. The molecule has 5 nitrogen and oxygen atoms in total. The number of rotatable bonds is 5. The first-order valence-electron chi connectivity index (χ1n) is 5.64. The van der Waals surface area contributed by atoms with E-state index in [0.717, 1.165) is 16.9 Å². The van der Waals surface area contributed by atoms with Crippen molar-refractivity contribution >= 4 is 24.0 Å². The molecule has 0 saturated carbocycles. The molecule has 0 spiro atoms. The van der Waals surface area contributed by atoms with Crippen molar-refractivity contribution in [1.29, 1.82) is 0 Å². The van der Waals surface area contributed by atoms with Crippen LogP contribution >= 0.6 is 11.8 Å². The van der Waals surface area contributed by atoms with E-state index in [2.05, 4.69) is 0 Å². The Kier molecular flexibility index (Phi) is 3.56. The number of carbonyl (C=O) groups excluding carboxylic acids is 2. The molecular formula is C11H16N2O3S. The van der Waals surface area contributed by atoms with Crippen molar-refractivity contribution in [2.45, 2.75) is 25.5 Å². The number of aliphatic hydroxyl groups is 1. The number of thioether (sulfide) groups is 1. The second kappa shape index (κ2) is 4.80. The Morgan fingerprint density at radius 2 is 2.41 bits per heavy atom. The molecule has 2 aliphatic rings. The third kappa shape index (κ3) is 1.90. The average molecular weight is 256 g/mol. The van der Waals surface area contributed by atoms with Crippen LogP contribution in [0.25, 0.3) is 0 Å². The third-order valence-corrected chi connectivity index (χ3v) is 4.40. The van der Waals surface area contributed by atoms with Crippen LogP contribution in [0.3, 0.4) is 0 Å². The predicted molar refractivity (Wildman–Crippen MR) is 65.0 cm³/mol. The van der Waals surface area contributed by atoms with Crippen molar-refractivity contribution in [3.63, 3.8) is 0 Å². The number of allylic oxidation sites excluding steroid dienone is 1. The zero-order chi connectivity index (χ0) is 12.6. The molecule has 17 heavy (non-hydrogen) atoms. The minimum atomic E-state index is -0.657. The largest absolute Gasteiger partial charge is 0.393 e. The highest BCUT2D eigenvalue weighted by molar-refractivity contribution is 8.03. The Labute approximate surface area is 104 Å². The Morgan fingerprint density at radius 1 is 1.71 bits per heavy atom. The van der Waals surface area contributed by atoms with Gasteiger partial charge in [-0.3, -0.25) is 9.59 Å². The molecule has 0 aromatic carbocycles. The lowest BCUT2D eigenvalue weighted by Crippen LogP contribution is -2.61. The summed E-state index contributed by atoms with van der Waals surface area (Å²) in [5.74, 6) is 0.234. The number of hydrogen-bond acceptors (Lipinski definition) is 5. The highest BCUT2D eigenvalue weighted by Gasteiger charge is 2.54. The molecule has 0 radical (unpaired) electrons. The number of aliphatic hydroxyl groups excluding tert-OH is 1. The Hall–Kier alpha value is -0.850. The first kappa shape index (κ1) is 12.6. The minimum absolute atomic E-state index is 0.0389. The van der Waals surface area contributed by atoms with Crippen LogP contribution in [0, 0.1) is 5.92 Å². The number of β-lactam (4-membered cyclic amide) rings is 1. The van der Waals surface area contributed by atoms with Crippen LogP contribution in [0.5, 0.6) is 0 Å². The zero-order valence-corrected chi connectivity index (χ0v) is 10.4. The van der Waals surface area contributed by atoms with Crippen molar-refractivity contribution < 1.29 is 14.7 Å². The lowest BCUT2D eigenvalue weighted by molar-refractivity contribution is -0.158. The molecule has 6 heteroatoms. The summed E-state index contributed by atoms with van der Waals surface area (Å²) in [5, 5.41) is 9.53. The zero-order valence-electron chi connectivity index (χ0n) is 9.63. The van der Waals surface area contributed by atoms with E-state index in [-0.39, 0.29) is 17.9 Å². The van der Waals surface area contributed by atoms with Crippen LogP contribution in [0.2, 0.25) is 0 Å². The molecule has 0 aliphatic carbocycles. The van der Waals surface area contributed by atoms with Gasteiger partial charge in [0.15, 0.2) is 6.29 Å². The van der Waals surface area contributed by atoms with Gasteiger partial charge in [-0.1, -0.05) is 0 Å². The van der Waals surface area contributed by atoms with Crippen LogP contribution in [-0.4, -0.2) is 46.6 Å². The molecular weight excluding hydrogens is 240 g/mol. The van der Waals surface area contributed by atoms with Crippen molar-refractivity contribution in [1.82, 2.24) is 4.90 Å². The maximum Gasteiger partial charge on any atom is 0.235 e. The molecule has 3 atom stereocenters. The fourth-order valence-electron chi connectivity index (χ4n) is 2.48. The SMILES string of the molecule is CC(O)C1C(=O)N2C(C=O)=C(SCCN)CC12. The van der Waals surface area contributed by atoms with Gasteiger partial charge in [-0.2, -0.15) is 0 Å². The van der Waals surface area contributed by atoms with E-state index in [4.69, 9.17) is 5.73 Å². The molecule has 0 aromatic heterocycles. The lowest BCUT2D eigenvalue weighted by Gasteiger charge is -2.44. The number of hydrogen-bond donors (Lipinski definition) is 2. The molecule has 1 fully saturated rings. The third-order valence-electron chi connectivity index (χ3n) is 3.23. The molecule has 94 valence electrons. The summed E-state index contributed by atoms with van der Waals surface area (Å²) in [6.45, 7) is 2.16. The number of nitrogens with two attached hydrogens (primary N) is 1. The Morgan fingerprint density at radius 3 is 2.94 bits per heavy atom. The van der Waals surface area contributed by atoms with Gasteiger partial charge in [-0.15, -0.1) is 11.8 Å². The maximum absolute atomic E-state index is 11.8. The van der Waals surface area contributed by atoms with Gasteiger partial charge < -0.3 is 15.7 Å². The van der Waals surface area contributed by atoms with Crippen molar-refractivity contribution in [3.05, 3.63) is 10.6 Å². The molecule has 1 amide bonds. The number of fused-ring (bicyclic) bond motifs is 1. The molecule has 2 rings (SSSR count). The Bertz CT molecular complexity index is 381. The van der Waals surface area contributed by atoms with E-state index >= 15 is 0 Å². The Balaban J connectivity index is 2.15. The standard InChI is InChI=1S/C11H16N2O3S/c1-6(15)10-7-4-9(17-3-2-12)8(5-14)13(7)11(10)16/h5-7,10,15H,2-4,12H2,1H3. The second-order valence-electron chi connectivity index (χ2n) is 4.31. The van der Waals surface area contributed by atoms with E-state index < -0.39 is 6.10 Å². The fraction of sp³-hybridized carbons (Fsp3) is 0.636.